The first-order chi connectivity index (χ1) is 7.95. The van der Waals surface area contributed by atoms with E-state index in [0.717, 1.165) is 0 Å². The Labute approximate surface area is 104 Å². The molecule has 0 saturated carbocycles. The smallest absolute Gasteiger partial charge is 0.236 e. The zero-order valence-corrected chi connectivity index (χ0v) is 10.3. The van der Waals surface area contributed by atoms with E-state index >= 15 is 0 Å². The summed E-state index contributed by atoms with van der Waals surface area (Å²) in [4.78, 5) is 12.5. The van der Waals surface area contributed by atoms with Crippen LogP contribution in [-0.2, 0) is 4.79 Å². The molecule has 0 heterocycles. The molecule has 6 heteroatoms. The Morgan fingerprint density at radius 2 is 2.12 bits per heavy atom. The van der Waals surface area contributed by atoms with E-state index in [9.17, 15) is 9.18 Å². The lowest BCUT2D eigenvalue weighted by molar-refractivity contribution is -0.116. The van der Waals surface area contributed by atoms with Gasteiger partial charge in [0.25, 0.3) is 0 Å². The monoisotopic (exact) mass is 255 g/mol. The van der Waals surface area contributed by atoms with Crippen LogP contribution in [0.3, 0.4) is 0 Å². The zero-order valence-electron chi connectivity index (χ0n) is 9.44. The molecule has 17 heavy (non-hydrogen) atoms. The molecule has 0 aliphatic heterocycles. The van der Waals surface area contributed by atoms with E-state index in [1.807, 2.05) is 6.92 Å². The Balaban J connectivity index is 3.02. The minimum Gasteiger partial charge on any atom is -0.389 e. The minimum atomic E-state index is -0.502. The molecule has 0 aromatic heterocycles. The molecule has 1 amide bonds. The molecule has 1 aromatic carbocycles. The van der Waals surface area contributed by atoms with Crippen molar-refractivity contribution in [1.82, 2.24) is 0 Å². The molecule has 4 N–H and O–H groups in total. The van der Waals surface area contributed by atoms with E-state index < -0.39 is 11.7 Å². The van der Waals surface area contributed by atoms with E-state index in [2.05, 4.69) is 0 Å². The van der Waals surface area contributed by atoms with Crippen LogP contribution in [-0.4, -0.2) is 24.0 Å². The average molecular weight is 255 g/mol. The number of rotatable bonds is 5. The molecule has 1 rings (SSSR count). The fraction of sp³-hybridized carbons (Fsp3) is 0.273. The summed E-state index contributed by atoms with van der Waals surface area (Å²) in [6, 6.07) is 4.45. The van der Waals surface area contributed by atoms with E-state index in [-0.39, 0.29) is 17.1 Å². The number of thiocarbonyl (C=S) groups is 1. The Morgan fingerprint density at radius 1 is 1.47 bits per heavy atom. The second-order valence-corrected chi connectivity index (χ2v) is 3.95. The second-order valence-electron chi connectivity index (χ2n) is 3.51. The van der Waals surface area contributed by atoms with Gasteiger partial charge in [-0.1, -0.05) is 12.2 Å². The molecule has 0 aliphatic rings. The summed E-state index contributed by atoms with van der Waals surface area (Å²) in [7, 11) is 0. The van der Waals surface area contributed by atoms with Crippen molar-refractivity contribution >= 4 is 28.8 Å². The van der Waals surface area contributed by atoms with Gasteiger partial charge in [0, 0.05) is 17.8 Å². The predicted molar refractivity (Wildman–Crippen MR) is 69.4 cm³/mol. The van der Waals surface area contributed by atoms with Crippen molar-refractivity contribution in [2.45, 2.75) is 6.92 Å². The highest BCUT2D eigenvalue weighted by atomic mass is 32.1. The van der Waals surface area contributed by atoms with Crippen molar-refractivity contribution < 1.29 is 9.18 Å². The standard InChI is InChI=1S/C11H14FN3OS/c1-2-15(6-10(13)16)7-3-4-8(11(14)17)9(12)5-7/h3-5H,2,6H2,1H3,(H2,13,16)(H2,14,17). The zero-order chi connectivity index (χ0) is 13.0. The van der Waals surface area contributed by atoms with Crippen molar-refractivity contribution in [3.63, 3.8) is 0 Å². The van der Waals surface area contributed by atoms with Crippen LogP contribution in [0.2, 0.25) is 0 Å². The molecule has 0 saturated heterocycles. The Hall–Kier alpha value is -1.69. The van der Waals surface area contributed by atoms with E-state index in [1.54, 1.807) is 11.0 Å². The van der Waals surface area contributed by atoms with Gasteiger partial charge >= 0.3 is 0 Å². The van der Waals surface area contributed by atoms with E-state index in [0.29, 0.717) is 12.2 Å². The quantitative estimate of drug-likeness (QED) is 0.762. The van der Waals surface area contributed by atoms with Crippen molar-refractivity contribution in [3.8, 4) is 0 Å². The van der Waals surface area contributed by atoms with Gasteiger partial charge in [0.1, 0.15) is 10.8 Å². The highest BCUT2D eigenvalue weighted by Crippen LogP contribution is 2.18. The summed E-state index contributed by atoms with van der Waals surface area (Å²) in [5.41, 5.74) is 11.2. The van der Waals surface area contributed by atoms with Crippen molar-refractivity contribution in [1.29, 1.82) is 0 Å². The van der Waals surface area contributed by atoms with Crippen LogP contribution < -0.4 is 16.4 Å². The lowest BCUT2D eigenvalue weighted by Gasteiger charge is -2.21. The highest BCUT2D eigenvalue weighted by Gasteiger charge is 2.11. The maximum atomic E-state index is 13.6. The third-order valence-corrected chi connectivity index (χ3v) is 2.53. The third kappa shape index (κ3) is 3.39. The number of primary amides is 1. The first kappa shape index (κ1) is 13.4. The molecule has 92 valence electrons. The predicted octanol–water partition coefficient (Wildman–Crippen LogP) is 0.772. The molecule has 0 unspecified atom stereocenters. The summed E-state index contributed by atoms with van der Waals surface area (Å²) in [5.74, 6) is -0.969. The number of nitrogens with zero attached hydrogens (tertiary/aromatic N) is 1. The fourth-order valence-electron chi connectivity index (χ4n) is 1.47. The van der Waals surface area contributed by atoms with Crippen LogP contribution in [0.1, 0.15) is 12.5 Å². The number of likely N-dealkylation sites (N-methyl/N-ethyl adjacent to an activating group) is 1. The molecule has 0 aliphatic carbocycles. The number of hydrogen-bond donors (Lipinski definition) is 2. The molecule has 4 nitrogen and oxygen atoms in total. The maximum absolute atomic E-state index is 13.6. The molecule has 0 bridgehead atoms. The van der Waals surface area contributed by atoms with Gasteiger partial charge in [0.15, 0.2) is 0 Å². The van der Waals surface area contributed by atoms with Crippen LogP contribution in [0.25, 0.3) is 0 Å². The van der Waals surface area contributed by atoms with Crippen LogP contribution in [0.4, 0.5) is 10.1 Å². The van der Waals surface area contributed by atoms with Crippen LogP contribution in [0.5, 0.6) is 0 Å². The number of amides is 1. The van der Waals surface area contributed by atoms with Gasteiger partial charge < -0.3 is 16.4 Å². The Kier molecular flexibility index (Phi) is 4.39. The minimum absolute atomic E-state index is 0.00648. The average Bonchev–Trinajstić information content (AvgIpc) is 2.24. The van der Waals surface area contributed by atoms with Gasteiger partial charge in [-0.25, -0.2) is 4.39 Å². The molecule has 1 aromatic rings. The summed E-state index contributed by atoms with van der Waals surface area (Å²) in [5, 5.41) is 0. The largest absolute Gasteiger partial charge is 0.389 e. The first-order valence-electron chi connectivity index (χ1n) is 5.08. The number of carbonyl (C=O) groups excluding carboxylic acids is 1. The topological polar surface area (TPSA) is 72.3 Å². The van der Waals surface area contributed by atoms with Crippen LogP contribution >= 0.6 is 12.2 Å². The van der Waals surface area contributed by atoms with Gasteiger partial charge in [-0.05, 0) is 25.1 Å². The number of benzene rings is 1. The number of nitrogens with two attached hydrogens (primary N) is 2. The molecule has 0 radical (unpaired) electrons. The maximum Gasteiger partial charge on any atom is 0.236 e. The molecular formula is C11H14FN3OS. The third-order valence-electron chi connectivity index (χ3n) is 2.31. The van der Waals surface area contributed by atoms with Crippen LogP contribution in [0.15, 0.2) is 18.2 Å². The number of carbonyl (C=O) groups is 1. The normalized spacial score (nSPS) is 10.0. The second kappa shape index (κ2) is 5.58. The number of hydrogen-bond acceptors (Lipinski definition) is 3. The number of halogens is 1. The molecular weight excluding hydrogens is 241 g/mol. The fourth-order valence-corrected chi connectivity index (χ4v) is 1.64. The van der Waals surface area contributed by atoms with Gasteiger partial charge in [-0.15, -0.1) is 0 Å². The molecule has 0 fully saturated rings. The first-order valence-corrected chi connectivity index (χ1v) is 5.49. The van der Waals surface area contributed by atoms with Crippen molar-refractivity contribution in [3.05, 3.63) is 29.6 Å². The highest BCUT2D eigenvalue weighted by molar-refractivity contribution is 7.80. The van der Waals surface area contributed by atoms with E-state index in [4.69, 9.17) is 23.7 Å². The lowest BCUT2D eigenvalue weighted by atomic mass is 10.1. The summed E-state index contributed by atoms with van der Waals surface area (Å²) in [6.07, 6.45) is 0. The SMILES string of the molecule is CCN(CC(N)=O)c1ccc(C(N)=S)c(F)c1. The van der Waals surface area contributed by atoms with Gasteiger partial charge in [0.2, 0.25) is 5.91 Å². The number of anilines is 1. The molecule has 0 spiro atoms. The van der Waals surface area contributed by atoms with Gasteiger partial charge in [0.05, 0.1) is 6.54 Å². The van der Waals surface area contributed by atoms with E-state index in [1.165, 1.54) is 12.1 Å². The van der Waals surface area contributed by atoms with Crippen LogP contribution in [0, 0.1) is 5.82 Å². The van der Waals surface area contributed by atoms with Crippen molar-refractivity contribution in [2.24, 2.45) is 11.5 Å². The van der Waals surface area contributed by atoms with Gasteiger partial charge in [-0.2, -0.15) is 0 Å². The van der Waals surface area contributed by atoms with Crippen molar-refractivity contribution in [2.75, 3.05) is 18.0 Å². The summed E-state index contributed by atoms with van der Waals surface area (Å²) < 4.78 is 13.6. The summed E-state index contributed by atoms with van der Waals surface area (Å²) in [6.45, 7) is 2.44. The Bertz CT molecular complexity index is 450. The lowest BCUT2D eigenvalue weighted by Crippen LogP contribution is -2.33. The molecule has 0 atom stereocenters. The summed E-state index contributed by atoms with van der Waals surface area (Å²) >= 11 is 4.71. The Morgan fingerprint density at radius 3 is 2.53 bits per heavy atom. The van der Waals surface area contributed by atoms with Gasteiger partial charge in [-0.3, -0.25) is 4.79 Å².